The summed E-state index contributed by atoms with van der Waals surface area (Å²) in [5, 5.41) is 12.5. The molecule has 1 amide bonds. The van der Waals surface area contributed by atoms with Gasteiger partial charge in [0.1, 0.15) is 0 Å². The second-order valence-corrected chi connectivity index (χ2v) is 2.46. The standard InChI is InChI=1S/C6H12N2O2/c1-2-7-6(9)5-3-8(10)4-5/h5,10H,2-4H2,1H3,(H,7,9). The molecule has 1 saturated heterocycles. The Morgan fingerprint density at radius 3 is 2.80 bits per heavy atom. The molecule has 0 saturated carbocycles. The van der Waals surface area contributed by atoms with Crippen molar-refractivity contribution in [2.45, 2.75) is 6.92 Å². The molecule has 0 radical (unpaired) electrons. The zero-order chi connectivity index (χ0) is 7.56. The monoisotopic (exact) mass is 144 g/mol. The van der Waals surface area contributed by atoms with E-state index in [4.69, 9.17) is 5.21 Å². The van der Waals surface area contributed by atoms with Crippen LogP contribution in [0.3, 0.4) is 0 Å². The van der Waals surface area contributed by atoms with Crippen LogP contribution < -0.4 is 5.32 Å². The van der Waals surface area contributed by atoms with Crippen molar-refractivity contribution >= 4 is 5.91 Å². The van der Waals surface area contributed by atoms with Crippen LogP contribution in [-0.4, -0.2) is 35.8 Å². The van der Waals surface area contributed by atoms with Gasteiger partial charge in [-0.15, -0.1) is 0 Å². The summed E-state index contributed by atoms with van der Waals surface area (Å²) >= 11 is 0. The number of carbonyl (C=O) groups is 1. The van der Waals surface area contributed by atoms with E-state index in [1.165, 1.54) is 0 Å². The zero-order valence-electron chi connectivity index (χ0n) is 6.00. The summed E-state index contributed by atoms with van der Waals surface area (Å²) in [5.41, 5.74) is 0. The maximum Gasteiger partial charge on any atom is 0.225 e. The highest BCUT2D eigenvalue weighted by molar-refractivity contribution is 5.79. The average Bonchev–Trinajstić information content (AvgIpc) is 1.82. The first-order valence-electron chi connectivity index (χ1n) is 3.45. The number of hydrogen-bond donors (Lipinski definition) is 2. The lowest BCUT2D eigenvalue weighted by molar-refractivity contribution is -0.177. The molecule has 1 heterocycles. The van der Waals surface area contributed by atoms with E-state index in [-0.39, 0.29) is 11.8 Å². The Kier molecular flexibility index (Phi) is 2.24. The van der Waals surface area contributed by atoms with Crippen molar-refractivity contribution in [2.24, 2.45) is 5.92 Å². The summed E-state index contributed by atoms with van der Waals surface area (Å²) < 4.78 is 0. The van der Waals surface area contributed by atoms with Gasteiger partial charge in [-0.25, -0.2) is 0 Å². The molecule has 1 aliphatic heterocycles. The van der Waals surface area contributed by atoms with Gasteiger partial charge in [0.15, 0.2) is 0 Å². The van der Waals surface area contributed by atoms with Crippen LogP contribution in [0.2, 0.25) is 0 Å². The van der Waals surface area contributed by atoms with Gasteiger partial charge in [-0.05, 0) is 6.92 Å². The van der Waals surface area contributed by atoms with E-state index in [0.29, 0.717) is 19.6 Å². The van der Waals surface area contributed by atoms with Gasteiger partial charge >= 0.3 is 0 Å². The maximum atomic E-state index is 10.9. The van der Waals surface area contributed by atoms with Crippen molar-refractivity contribution in [3.63, 3.8) is 0 Å². The van der Waals surface area contributed by atoms with E-state index in [1.54, 1.807) is 0 Å². The van der Waals surface area contributed by atoms with Crippen LogP contribution in [0.25, 0.3) is 0 Å². The topological polar surface area (TPSA) is 52.6 Å². The van der Waals surface area contributed by atoms with Gasteiger partial charge in [0.25, 0.3) is 0 Å². The van der Waals surface area contributed by atoms with Crippen molar-refractivity contribution in [1.29, 1.82) is 0 Å². The number of hydroxylamine groups is 2. The molecule has 1 rings (SSSR count). The fourth-order valence-electron chi connectivity index (χ4n) is 0.940. The molecule has 1 fully saturated rings. The highest BCUT2D eigenvalue weighted by Gasteiger charge is 2.30. The number of amides is 1. The second kappa shape index (κ2) is 2.98. The van der Waals surface area contributed by atoms with Gasteiger partial charge in [0.2, 0.25) is 5.91 Å². The van der Waals surface area contributed by atoms with E-state index in [9.17, 15) is 4.79 Å². The molecule has 0 atom stereocenters. The molecular formula is C6H12N2O2. The van der Waals surface area contributed by atoms with Crippen molar-refractivity contribution < 1.29 is 10.0 Å². The molecule has 2 N–H and O–H groups in total. The molecule has 0 spiro atoms. The Labute approximate surface area is 59.8 Å². The van der Waals surface area contributed by atoms with Crippen molar-refractivity contribution in [3.05, 3.63) is 0 Å². The molecule has 0 aromatic rings. The smallest absolute Gasteiger partial charge is 0.225 e. The molecule has 0 aliphatic carbocycles. The Bertz CT molecular complexity index is 132. The summed E-state index contributed by atoms with van der Waals surface area (Å²) in [7, 11) is 0. The lowest BCUT2D eigenvalue weighted by Crippen LogP contribution is -2.51. The predicted molar refractivity (Wildman–Crippen MR) is 35.5 cm³/mol. The summed E-state index contributed by atoms with van der Waals surface area (Å²) in [6, 6.07) is 0. The van der Waals surface area contributed by atoms with Crippen LogP contribution in [0.5, 0.6) is 0 Å². The van der Waals surface area contributed by atoms with Crippen LogP contribution >= 0.6 is 0 Å². The maximum absolute atomic E-state index is 10.9. The molecule has 58 valence electrons. The molecule has 4 heteroatoms. The first-order valence-corrected chi connectivity index (χ1v) is 3.45. The average molecular weight is 144 g/mol. The van der Waals surface area contributed by atoms with Gasteiger partial charge < -0.3 is 10.5 Å². The van der Waals surface area contributed by atoms with Crippen molar-refractivity contribution in [1.82, 2.24) is 10.4 Å². The third-order valence-corrected chi connectivity index (χ3v) is 1.58. The molecule has 0 aromatic carbocycles. The van der Waals surface area contributed by atoms with Crippen LogP contribution in [0.15, 0.2) is 0 Å². The summed E-state index contributed by atoms with van der Waals surface area (Å²) in [6.45, 7) is 3.51. The Hall–Kier alpha value is -0.610. The lowest BCUT2D eigenvalue weighted by Gasteiger charge is -2.32. The van der Waals surface area contributed by atoms with Gasteiger partial charge in [0.05, 0.1) is 5.92 Å². The van der Waals surface area contributed by atoms with E-state index >= 15 is 0 Å². The number of carbonyl (C=O) groups excluding carboxylic acids is 1. The lowest BCUT2D eigenvalue weighted by atomic mass is 10.0. The predicted octanol–water partition coefficient (Wildman–Crippen LogP) is -0.556. The molecular weight excluding hydrogens is 132 g/mol. The molecule has 0 aromatic heterocycles. The second-order valence-electron chi connectivity index (χ2n) is 2.46. The van der Waals surface area contributed by atoms with Gasteiger partial charge in [0, 0.05) is 19.6 Å². The third kappa shape index (κ3) is 1.46. The minimum Gasteiger partial charge on any atom is -0.356 e. The third-order valence-electron chi connectivity index (χ3n) is 1.58. The highest BCUT2D eigenvalue weighted by atomic mass is 16.5. The van der Waals surface area contributed by atoms with Crippen molar-refractivity contribution in [3.8, 4) is 0 Å². The largest absolute Gasteiger partial charge is 0.356 e. The van der Waals surface area contributed by atoms with Crippen LogP contribution in [0.4, 0.5) is 0 Å². The Balaban J connectivity index is 2.18. The quantitative estimate of drug-likeness (QED) is 0.546. The summed E-state index contributed by atoms with van der Waals surface area (Å²) in [4.78, 5) is 10.9. The Morgan fingerprint density at radius 2 is 2.40 bits per heavy atom. The van der Waals surface area contributed by atoms with Crippen LogP contribution in [0.1, 0.15) is 6.92 Å². The zero-order valence-corrected chi connectivity index (χ0v) is 6.00. The van der Waals surface area contributed by atoms with Crippen LogP contribution in [-0.2, 0) is 4.79 Å². The van der Waals surface area contributed by atoms with E-state index in [0.717, 1.165) is 5.06 Å². The fraction of sp³-hybridized carbons (Fsp3) is 0.833. The van der Waals surface area contributed by atoms with E-state index in [2.05, 4.69) is 5.32 Å². The highest BCUT2D eigenvalue weighted by Crippen LogP contribution is 2.11. The minimum atomic E-state index is 0.00458. The first kappa shape index (κ1) is 7.50. The summed E-state index contributed by atoms with van der Waals surface area (Å²) in [5.74, 6) is 0.0535. The number of nitrogens with zero attached hydrogens (tertiary/aromatic N) is 1. The van der Waals surface area contributed by atoms with Crippen LogP contribution in [0, 0.1) is 5.92 Å². The number of hydrogen-bond acceptors (Lipinski definition) is 3. The SMILES string of the molecule is CCNC(=O)C1CN(O)C1. The van der Waals surface area contributed by atoms with Gasteiger partial charge in [-0.3, -0.25) is 4.79 Å². The molecule has 10 heavy (non-hydrogen) atoms. The molecule has 0 bridgehead atoms. The van der Waals surface area contributed by atoms with Crippen molar-refractivity contribution in [2.75, 3.05) is 19.6 Å². The van der Waals surface area contributed by atoms with E-state index in [1.807, 2.05) is 6.92 Å². The van der Waals surface area contributed by atoms with E-state index < -0.39 is 0 Å². The Morgan fingerprint density at radius 1 is 1.80 bits per heavy atom. The first-order chi connectivity index (χ1) is 4.74. The minimum absolute atomic E-state index is 0.00458. The molecule has 1 aliphatic rings. The number of nitrogens with one attached hydrogen (secondary N) is 1. The van der Waals surface area contributed by atoms with Gasteiger partial charge in [-0.2, -0.15) is 5.06 Å². The fourth-order valence-corrected chi connectivity index (χ4v) is 0.940. The summed E-state index contributed by atoms with van der Waals surface area (Å²) in [6.07, 6.45) is 0. The number of rotatable bonds is 2. The van der Waals surface area contributed by atoms with Gasteiger partial charge in [-0.1, -0.05) is 0 Å². The molecule has 0 unspecified atom stereocenters. The normalized spacial score (nSPS) is 20.2. The molecule has 4 nitrogen and oxygen atoms in total.